The summed E-state index contributed by atoms with van der Waals surface area (Å²) in [6, 6.07) is 14.3. The fourth-order valence-electron chi connectivity index (χ4n) is 1.82. The lowest BCUT2D eigenvalue weighted by Gasteiger charge is -2.11. The van der Waals surface area contributed by atoms with Crippen LogP contribution in [0.25, 0.3) is 0 Å². The number of halogens is 1. The molecule has 0 aliphatic heterocycles. The van der Waals surface area contributed by atoms with E-state index >= 15 is 0 Å². The van der Waals surface area contributed by atoms with Gasteiger partial charge in [0.25, 0.3) is 0 Å². The zero-order chi connectivity index (χ0) is 13.7. The zero-order valence-corrected chi connectivity index (χ0v) is 11.7. The van der Waals surface area contributed by atoms with Gasteiger partial charge in [-0.1, -0.05) is 31.2 Å². The molecule has 19 heavy (non-hydrogen) atoms. The van der Waals surface area contributed by atoms with E-state index < -0.39 is 6.10 Å². The van der Waals surface area contributed by atoms with Crippen LogP contribution in [0.15, 0.2) is 53.4 Å². The van der Waals surface area contributed by atoms with Crippen molar-refractivity contribution in [3.63, 3.8) is 0 Å². The van der Waals surface area contributed by atoms with Crippen molar-refractivity contribution >= 4 is 11.8 Å². The molecule has 1 nitrogen and oxygen atoms in total. The summed E-state index contributed by atoms with van der Waals surface area (Å²) in [7, 11) is 0. The Hall–Kier alpha value is -1.32. The number of benzene rings is 2. The smallest absolute Gasteiger partial charge is 0.123 e. The van der Waals surface area contributed by atoms with Crippen molar-refractivity contribution in [3.05, 3.63) is 65.5 Å². The number of aliphatic hydroxyl groups is 1. The molecule has 2 aromatic rings. The van der Waals surface area contributed by atoms with Crippen LogP contribution in [0, 0.1) is 5.82 Å². The van der Waals surface area contributed by atoms with Gasteiger partial charge in [0.2, 0.25) is 0 Å². The van der Waals surface area contributed by atoms with Gasteiger partial charge in [-0.05, 0) is 41.8 Å². The Bertz CT molecular complexity index is 525. The third-order valence-electron chi connectivity index (χ3n) is 2.97. The lowest BCUT2D eigenvalue weighted by molar-refractivity contribution is 0.204. The van der Waals surface area contributed by atoms with Gasteiger partial charge in [0, 0.05) is 10.6 Å². The van der Waals surface area contributed by atoms with Crippen LogP contribution < -0.4 is 0 Å². The minimum atomic E-state index is -0.499. The van der Waals surface area contributed by atoms with Crippen LogP contribution in [0.3, 0.4) is 0 Å². The first-order valence-corrected chi connectivity index (χ1v) is 7.33. The number of hydrogen-bond donors (Lipinski definition) is 1. The zero-order valence-electron chi connectivity index (χ0n) is 10.8. The van der Waals surface area contributed by atoms with Gasteiger partial charge in [-0.25, -0.2) is 4.39 Å². The molecule has 1 atom stereocenters. The summed E-state index contributed by atoms with van der Waals surface area (Å²) < 4.78 is 12.8. The summed E-state index contributed by atoms with van der Waals surface area (Å²) in [6.07, 6.45) is 0.465. The van der Waals surface area contributed by atoms with E-state index in [2.05, 4.69) is 13.0 Å². The molecule has 0 radical (unpaired) electrons. The summed E-state index contributed by atoms with van der Waals surface area (Å²) in [5.74, 6) is 0.333. The van der Waals surface area contributed by atoms with Gasteiger partial charge < -0.3 is 5.11 Å². The molecule has 2 rings (SSSR count). The molecule has 100 valence electrons. The van der Waals surface area contributed by atoms with Crippen LogP contribution in [-0.2, 0) is 6.42 Å². The van der Waals surface area contributed by atoms with Crippen LogP contribution in [0.5, 0.6) is 0 Å². The third-order valence-corrected chi connectivity index (χ3v) is 4.05. The van der Waals surface area contributed by atoms with Crippen molar-refractivity contribution < 1.29 is 9.50 Å². The summed E-state index contributed by atoms with van der Waals surface area (Å²) in [5.41, 5.74) is 2.16. The number of rotatable bonds is 5. The Balaban J connectivity index is 1.96. The number of aliphatic hydroxyl groups excluding tert-OH is 1. The van der Waals surface area contributed by atoms with Crippen LogP contribution in [-0.4, -0.2) is 10.9 Å². The van der Waals surface area contributed by atoms with Crippen LogP contribution in [0.1, 0.15) is 24.2 Å². The Morgan fingerprint density at radius 3 is 2.58 bits per heavy atom. The molecule has 0 aromatic heterocycles. The summed E-state index contributed by atoms with van der Waals surface area (Å²) >= 11 is 1.53. The van der Waals surface area contributed by atoms with Crippen molar-refractivity contribution in [2.75, 3.05) is 5.75 Å². The van der Waals surface area contributed by atoms with Gasteiger partial charge in [-0.2, -0.15) is 0 Å². The van der Waals surface area contributed by atoms with E-state index in [1.165, 1.54) is 29.5 Å². The van der Waals surface area contributed by atoms with Crippen LogP contribution in [0.4, 0.5) is 4.39 Å². The number of thioether (sulfide) groups is 1. The molecule has 0 heterocycles. The van der Waals surface area contributed by atoms with E-state index in [4.69, 9.17) is 0 Å². The van der Waals surface area contributed by atoms with Gasteiger partial charge in [-0.15, -0.1) is 11.8 Å². The van der Waals surface area contributed by atoms with E-state index in [-0.39, 0.29) is 5.82 Å². The lowest BCUT2D eigenvalue weighted by Crippen LogP contribution is -2.01. The van der Waals surface area contributed by atoms with Crippen molar-refractivity contribution in [1.29, 1.82) is 0 Å². The van der Waals surface area contributed by atoms with E-state index in [1.54, 1.807) is 12.1 Å². The second-order valence-corrected chi connectivity index (χ2v) is 5.47. The van der Waals surface area contributed by atoms with E-state index in [9.17, 15) is 9.50 Å². The molecule has 2 aromatic carbocycles. The highest BCUT2D eigenvalue weighted by molar-refractivity contribution is 7.99. The molecule has 3 heteroatoms. The minimum Gasteiger partial charge on any atom is -0.388 e. The van der Waals surface area contributed by atoms with Gasteiger partial charge in [-0.3, -0.25) is 0 Å². The fraction of sp³-hybridized carbons (Fsp3) is 0.250. The average Bonchev–Trinajstić information content (AvgIpc) is 2.46. The first kappa shape index (κ1) is 14.1. The van der Waals surface area contributed by atoms with Crippen molar-refractivity contribution in [2.24, 2.45) is 0 Å². The van der Waals surface area contributed by atoms with Crippen LogP contribution >= 0.6 is 11.8 Å². The minimum absolute atomic E-state index is 0.236. The standard InChI is InChI=1S/C16H17FOS/c1-2-12-4-3-5-13(10-12)16(18)11-19-15-8-6-14(17)7-9-15/h3-10,16,18H,2,11H2,1H3. The normalized spacial score (nSPS) is 12.4. The molecule has 0 aliphatic carbocycles. The average molecular weight is 276 g/mol. The summed E-state index contributed by atoms with van der Waals surface area (Å²) in [6.45, 7) is 2.10. The topological polar surface area (TPSA) is 20.2 Å². The maximum atomic E-state index is 12.8. The Morgan fingerprint density at radius 1 is 1.16 bits per heavy atom. The molecule has 0 fully saturated rings. The molecule has 1 N–H and O–H groups in total. The summed E-state index contributed by atoms with van der Waals surface area (Å²) in [4.78, 5) is 0.965. The molecular formula is C16H17FOS. The quantitative estimate of drug-likeness (QED) is 0.825. The molecule has 1 unspecified atom stereocenters. The van der Waals surface area contributed by atoms with E-state index in [0.717, 1.165) is 16.9 Å². The second kappa shape index (κ2) is 6.73. The molecular weight excluding hydrogens is 259 g/mol. The largest absolute Gasteiger partial charge is 0.388 e. The van der Waals surface area contributed by atoms with E-state index in [0.29, 0.717) is 5.75 Å². The second-order valence-electron chi connectivity index (χ2n) is 4.38. The van der Waals surface area contributed by atoms with Crippen molar-refractivity contribution in [2.45, 2.75) is 24.3 Å². The Labute approximate surface area is 117 Å². The highest BCUT2D eigenvalue weighted by Crippen LogP contribution is 2.25. The fourth-order valence-corrected chi connectivity index (χ4v) is 2.69. The molecule has 0 aliphatic rings. The monoisotopic (exact) mass is 276 g/mol. The summed E-state index contributed by atoms with van der Waals surface area (Å²) in [5, 5.41) is 10.2. The number of hydrogen-bond acceptors (Lipinski definition) is 2. The lowest BCUT2D eigenvalue weighted by atomic mass is 10.1. The predicted molar refractivity (Wildman–Crippen MR) is 77.9 cm³/mol. The van der Waals surface area contributed by atoms with Gasteiger partial charge in [0.05, 0.1) is 6.10 Å². The van der Waals surface area contributed by atoms with Crippen LogP contribution in [0.2, 0.25) is 0 Å². The maximum absolute atomic E-state index is 12.8. The third kappa shape index (κ3) is 4.08. The molecule has 0 saturated heterocycles. The Morgan fingerprint density at radius 2 is 1.89 bits per heavy atom. The van der Waals surface area contributed by atoms with Gasteiger partial charge in [0.15, 0.2) is 0 Å². The maximum Gasteiger partial charge on any atom is 0.123 e. The van der Waals surface area contributed by atoms with E-state index in [1.807, 2.05) is 18.2 Å². The SMILES string of the molecule is CCc1cccc(C(O)CSc2ccc(F)cc2)c1. The van der Waals surface area contributed by atoms with Crippen molar-refractivity contribution in [3.8, 4) is 0 Å². The molecule has 0 amide bonds. The number of aryl methyl sites for hydroxylation is 1. The Kier molecular flexibility index (Phi) is 5.00. The predicted octanol–water partition coefficient (Wildman–Crippen LogP) is 4.21. The molecule has 0 bridgehead atoms. The van der Waals surface area contributed by atoms with Gasteiger partial charge >= 0.3 is 0 Å². The highest BCUT2D eigenvalue weighted by Gasteiger charge is 2.08. The molecule has 0 spiro atoms. The molecule has 0 saturated carbocycles. The first-order chi connectivity index (χ1) is 9.19. The first-order valence-electron chi connectivity index (χ1n) is 6.34. The highest BCUT2D eigenvalue weighted by atomic mass is 32.2. The van der Waals surface area contributed by atoms with Gasteiger partial charge in [0.1, 0.15) is 5.82 Å². The van der Waals surface area contributed by atoms with Crippen molar-refractivity contribution in [1.82, 2.24) is 0 Å².